The van der Waals surface area contributed by atoms with Gasteiger partial charge >= 0.3 is 0 Å². The molecular weight excluding hydrogens is 417 g/mol. The zero-order chi connectivity index (χ0) is 23.5. The summed E-state index contributed by atoms with van der Waals surface area (Å²) >= 11 is 0. The van der Waals surface area contributed by atoms with E-state index in [4.69, 9.17) is 9.97 Å². The number of hydrogen-bond donors (Lipinski definition) is 1. The highest BCUT2D eigenvalue weighted by molar-refractivity contribution is 5.88. The zero-order valence-corrected chi connectivity index (χ0v) is 19.6. The molecule has 170 valence electrons. The van der Waals surface area contributed by atoms with Crippen LogP contribution in [0, 0.1) is 26.6 Å². The van der Waals surface area contributed by atoms with E-state index < -0.39 is 0 Å². The van der Waals surface area contributed by atoms with E-state index in [1.807, 2.05) is 44.7 Å². The average Bonchev–Trinajstić information content (AvgIpc) is 3.10. The van der Waals surface area contributed by atoms with Crippen LogP contribution in [0.3, 0.4) is 0 Å². The van der Waals surface area contributed by atoms with Crippen LogP contribution in [0.2, 0.25) is 0 Å². The fraction of sp³-hybridized carbons (Fsp3) is 0.320. The Morgan fingerprint density at radius 3 is 2.39 bits per heavy atom. The molecule has 0 bridgehead atoms. The first kappa shape index (κ1) is 22.5. The van der Waals surface area contributed by atoms with Crippen LogP contribution in [0.4, 0.5) is 10.2 Å². The maximum absolute atomic E-state index is 13.3. The van der Waals surface area contributed by atoms with E-state index in [0.717, 1.165) is 57.9 Å². The Labute approximate surface area is 192 Å². The number of anilines is 1. The number of rotatable bonds is 7. The van der Waals surface area contributed by atoms with E-state index in [1.165, 1.54) is 12.1 Å². The van der Waals surface area contributed by atoms with Crippen molar-refractivity contribution in [3.63, 3.8) is 0 Å². The van der Waals surface area contributed by atoms with E-state index >= 15 is 0 Å². The van der Waals surface area contributed by atoms with Gasteiger partial charge in [-0.1, -0.05) is 25.5 Å². The van der Waals surface area contributed by atoms with Gasteiger partial charge in [-0.15, -0.1) is 0 Å². The number of aromatic nitrogens is 6. The Morgan fingerprint density at radius 2 is 1.67 bits per heavy atom. The van der Waals surface area contributed by atoms with Crippen molar-refractivity contribution in [2.45, 2.75) is 47.1 Å². The van der Waals surface area contributed by atoms with Crippen molar-refractivity contribution in [3.05, 3.63) is 69.9 Å². The van der Waals surface area contributed by atoms with Crippen molar-refractivity contribution in [2.75, 3.05) is 5.32 Å². The molecule has 0 fully saturated rings. The second-order valence-corrected chi connectivity index (χ2v) is 8.13. The van der Waals surface area contributed by atoms with Crippen molar-refractivity contribution in [3.8, 4) is 0 Å². The molecule has 3 heterocycles. The molecular formula is C25H28FN7. The van der Waals surface area contributed by atoms with Crippen molar-refractivity contribution >= 4 is 29.0 Å². The molecule has 0 aliphatic heterocycles. The van der Waals surface area contributed by atoms with Gasteiger partial charge in [0.2, 0.25) is 0 Å². The number of nitrogens with one attached hydrogen (secondary N) is 1. The van der Waals surface area contributed by atoms with Crippen LogP contribution in [0.25, 0.3) is 23.2 Å². The predicted octanol–water partition coefficient (Wildman–Crippen LogP) is 4.95. The second-order valence-electron chi connectivity index (χ2n) is 8.13. The number of aryl methyl sites for hydroxylation is 5. The van der Waals surface area contributed by atoms with Crippen molar-refractivity contribution < 1.29 is 4.39 Å². The summed E-state index contributed by atoms with van der Waals surface area (Å²) in [6.45, 7) is 8.48. The summed E-state index contributed by atoms with van der Waals surface area (Å²) in [6, 6.07) is 6.43. The molecule has 0 amide bonds. The number of fused-ring (bicyclic) bond motifs is 1. The highest BCUT2D eigenvalue weighted by Gasteiger charge is 2.16. The topological polar surface area (TPSA) is 81.4 Å². The second kappa shape index (κ2) is 9.44. The molecule has 8 heteroatoms. The third-order valence-corrected chi connectivity index (χ3v) is 5.54. The summed E-state index contributed by atoms with van der Waals surface area (Å²) in [6.07, 6.45) is 5.56. The summed E-state index contributed by atoms with van der Waals surface area (Å²) in [5.74, 6) is 0.995. The highest BCUT2D eigenvalue weighted by Crippen LogP contribution is 2.25. The van der Waals surface area contributed by atoms with Crippen LogP contribution in [0.1, 0.15) is 53.2 Å². The maximum atomic E-state index is 13.3. The SMILES string of the molecule is CCCc1nn(C)c2c(NCc3ccc(F)cc3)nc(/C=C/c3nc(C)c(C)nc3C)nc12. The monoisotopic (exact) mass is 445 g/mol. The lowest BCUT2D eigenvalue weighted by Crippen LogP contribution is -2.06. The van der Waals surface area contributed by atoms with Crippen LogP contribution in [-0.2, 0) is 20.0 Å². The molecule has 0 saturated heterocycles. The number of hydrogen-bond acceptors (Lipinski definition) is 6. The van der Waals surface area contributed by atoms with Gasteiger partial charge in [-0.3, -0.25) is 9.67 Å². The Balaban J connectivity index is 1.74. The van der Waals surface area contributed by atoms with Crippen LogP contribution >= 0.6 is 0 Å². The van der Waals surface area contributed by atoms with E-state index in [1.54, 1.807) is 12.1 Å². The molecule has 0 aliphatic carbocycles. The third kappa shape index (κ3) is 4.89. The molecule has 7 nitrogen and oxygen atoms in total. The Morgan fingerprint density at radius 1 is 0.939 bits per heavy atom. The van der Waals surface area contributed by atoms with Crippen molar-refractivity contribution in [2.24, 2.45) is 7.05 Å². The highest BCUT2D eigenvalue weighted by atomic mass is 19.1. The Hall–Kier alpha value is -3.68. The van der Waals surface area contributed by atoms with Gasteiger partial charge in [-0.2, -0.15) is 5.10 Å². The fourth-order valence-electron chi connectivity index (χ4n) is 3.69. The summed E-state index contributed by atoms with van der Waals surface area (Å²) in [7, 11) is 1.90. The Bertz CT molecular complexity index is 1320. The summed E-state index contributed by atoms with van der Waals surface area (Å²) < 4.78 is 15.1. The maximum Gasteiger partial charge on any atom is 0.156 e. The molecule has 0 atom stereocenters. The van der Waals surface area contributed by atoms with Gasteiger partial charge in [-0.05, 0) is 57.0 Å². The largest absolute Gasteiger partial charge is 0.364 e. The van der Waals surface area contributed by atoms with Crippen molar-refractivity contribution in [1.82, 2.24) is 29.7 Å². The summed E-state index contributed by atoms with van der Waals surface area (Å²) in [4.78, 5) is 18.8. The fourth-order valence-corrected chi connectivity index (χ4v) is 3.69. The van der Waals surface area contributed by atoms with Crippen LogP contribution in [-0.4, -0.2) is 29.7 Å². The van der Waals surface area contributed by atoms with Crippen LogP contribution in [0.5, 0.6) is 0 Å². The van der Waals surface area contributed by atoms with Gasteiger partial charge < -0.3 is 5.32 Å². The minimum absolute atomic E-state index is 0.254. The lowest BCUT2D eigenvalue weighted by Gasteiger charge is -2.09. The van der Waals surface area contributed by atoms with Gasteiger partial charge in [0.15, 0.2) is 11.6 Å². The molecule has 0 radical (unpaired) electrons. The quantitative estimate of drug-likeness (QED) is 0.433. The van der Waals surface area contributed by atoms with Gasteiger partial charge in [0.05, 0.1) is 28.5 Å². The number of nitrogens with zero attached hydrogens (tertiary/aromatic N) is 6. The Kier molecular flexibility index (Phi) is 6.44. The summed E-state index contributed by atoms with van der Waals surface area (Å²) in [5, 5.41) is 8.07. The first-order valence-corrected chi connectivity index (χ1v) is 11.1. The number of benzene rings is 1. The van der Waals surface area contributed by atoms with E-state index in [-0.39, 0.29) is 5.82 Å². The lowest BCUT2D eigenvalue weighted by molar-refractivity contribution is 0.627. The molecule has 0 saturated carbocycles. The lowest BCUT2D eigenvalue weighted by atomic mass is 10.2. The first-order valence-electron chi connectivity index (χ1n) is 11.1. The van der Waals surface area contributed by atoms with Gasteiger partial charge in [0.1, 0.15) is 16.9 Å². The van der Waals surface area contributed by atoms with Gasteiger partial charge in [0.25, 0.3) is 0 Å². The predicted molar refractivity (Wildman–Crippen MR) is 129 cm³/mol. The van der Waals surface area contributed by atoms with E-state index in [9.17, 15) is 4.39 Å². The normalized spacial score (nSPS) is 11.6. The zero-order valence-electron chi connectivity index (χ0n) is 19.6. The molecule has 4 rings (SSSR count). The molecule has 1 aromatic carbocycles. The average molecular weight is 446 g/mol. The number of halogens is 1. The van der Waals surface area contributed by atoms with E-state index in [2.05, 4.69) is 27.3 Å². The van der Waals surface area contributed by atoms with Crippen LogP contribution < -0.4 is 5.32 Å². The first-order chi connectivity index (χ1) is 15.9. The van der Waals surface area contributed by atoms with Gasteiger partial charge in [0, 0.05) is 13.6 Å². The van der Waals surface area contributed by atoms with Crippen molar-refractivity contribution in [1.29, 1.82) is 0 Å². The molecule has 1 N–H and O–H groups in total. The smallest absolute Gasteiger partial charge is 0.156 e. The minimum atomic E-state index is -0.254. The molecule has 4 aromatic rings. The van der Waals surface area contributed by atoms with Gasteiger partial charge in [-0.25, -0.2) is 19.3 Å². The minimum Gasteiger partial charge on any atom is -0.364 e. The van der Waals surface area contributed by atoms with E-state index in [0.29, 0.717) is 18.2 Å². The molecule has 0 spiro atoms. The molecule has 3 aromatic heterocycles. The summed E-state index contributed by atoms with van der Waals surface area (Å²) in [5.41, 5.74) is 7.06. The third-order valence-electron chi connectivity index (χ3n) is 5.54. The molecule has 0 aliphatic rings. The molecule has 0 unspecified atom stereocenters. The standard InChI is InChI=1S/C25H28FN7/c1-6-7-21-23-24(33(5)32-21)25(27-14-18-8-10-19(26)11-9-18)31-22(30-23)13-12-20-17(4)28-15(2)16(3)29-20/h8-13H,6-7,14H2,1-5H3,(H,27,30,31)/b13-12+. The van der Waals surface area contributed by atoms with Crippen LogP contribution in [0.15, 0.2) is 24.3 Å². The molecule has 33 heavy (non-hydrogen) atoms.